The zero-order chi connectivity index (χ0) is 11.4. The largest absolute Gasteiger partial charge is 0.490 e. The van der Waals surface area contributed by atoms with Gasteiger partial charge in [0.15, 0.2) is 0 Å². The van der Waals surface area contributed by atoms with Crippen molar-refractivity contribution < 1.29 is 9.53 Å². The summed E-state index contributed by atoms with van der Waals surface area (Å²) in [7, 11) is 0. The van der Waals surface area contributed by atoms with Gasteiger partial charge in [0.2, 0.25) is 5.91 Å². The molecule has 0 aromatic heterocycles. The van der Waals surface area contributed by atoms with Crippen LogP contribution in [0.15, 0.2) is 18.2 Å². The molecule has 3 nitrogen and oxygen atoms in total. The highest BCUT2D eigenvalue weighted by Gasteiger charge is 2.09. The number of nitrogens with two attached hydrogens (primary N) is 1. The smallest absolute Gasteiger partial charge is 0.221 e. The summed E-state index contributed by atoms with van der Waals surface area (Å²) in [5.74, 6) is 0.474. The maximum atomic E-state index is 10.7. The molecule has 0 heterocycles. The number of primary amides is 1. The van der Waals surface area contributed by atoms with Crippen molar-refractivity contribution >= 4 is 5.91 Å². The van der Waals surface area contributed by atoms with Crippen LogP contribution in [0.2, 0.25) is 0 Å². The Morgan fingerprint density at radius 1 is 1.47 bits per heavy atom. The predicted molar refractivity (Wildman–Crippen MR) is 59.8 cm³/mol. The SMILES string of the molecule is Cc1ccc(OC(C)CC(N)=O)c(C)c1. The summed E-state index contributed by atoms with van der Waals surface area (Å²) in [6, 6.07) is 5.95. The first-order valence-corrected chi connectivity index (χ1v) is 5.01. The number of carbonyl (C=O) groups excluding carboxylic acids is 1. The highest BCUT2D eigenvalue weighted by Crippen LogP contribution is 2.20. The Labute approximate surface area is 90.2 Å². The summed E-state index contributed by atoms with van der Waals surface area (Å²) < 4.78 is 5.61. The zero-order valence-electron chi connectivity index (χ0n) is 9.41. The number of rotatable bonds is 4. The average molecular weight is 207 g/mol. The van der Waals surface area contributed by atoms with Gasteiger partial charge in [0, 0.05) is 0 Å². The molecule has 1 atom stereocenters. The Morgan fingerprint density at radius 3 is 2.67 bits per heavy atom. The molecule has 0 radical (unpaired) electrons. The molecule has 0 aliphatic heterocycles. The van der Waals surface area contributed by atoms with Gasteiger partial charge < -0.3 is 10.5 Å². The minimum atomic E-state index is -0.340. The Kier molecular flexibility index (Phi) is 3.72. The number of hydrogen-bond acceptors (Lipinski definition) is 2. The van der Waals surface area contributed by atoms with Gasteiger partial charge in [-0.15, -0.1) is 0 Å². The molecule has 0 saturated carbocycles. The Balaban J connectivity index is 2.68. The molecular weight excluding hydrogens is 190 g/mol. The molecule has 1 rings (SSSR count). The first-order valence-electron chi connectivity index (χ1n) is 5.01. The van der Waals surface area contributed by atoms with E-state index in [0.717, 1.165) is 11.3 Å². The number of hydrogen-bond donors (Lipinski definition) is 1. The second-order valence-electron chi connectivity index (χ2n) is 3.87. The highest BCUT2D eigenvalue weighted by molar-refractivity contribution is 5.74. The molecule has 0 spiro atoms. The fraction of sp³-hybridized carbons (Fsp3) is 0.417. The molecule has 3 heteroatoms. The van der Waals surface area contributed by atoms with Crippen molar-refractivity contribution in [3.8, 4) is 5.75 Å². The van der Waals surface area contributed by atoms with E-state index in [1.165, 1.54) is 5.56 Å². The molecule has 0 aliphatic carbocycles. The van der Waals surface area contributed by atoms with Gasteiger partial charge in [0.05, 0.1) is 6.42 Å². The molecule has 0 aliphatic rings. The van der Waals surface area contributed by atoms with Crippen molar-refractivity contribution in [2.45, 2.75) is 33.3 Å². The first kappa shape index (κ1) is 11.6. The predicted octanol–water partition coefficient (Wildman–Crippen LogP) is 1.95. The van der Waals surface area contributed by atoms with Crippen molar-refractivity contribution in [2.75, 3.05) is 0 Å². The van der Waals surface area contributed by atoms with Crippen molar-refractivity contribution in [1.29, 1.82) is 0 Å². The lowest BCUT2D eigenvalue weighted by molar-refractivity contribution is -0.119. The summed E-state index contributed by atoms with van der Waals surface area (Å²) in [5, 5.41) is 0. The van der Waals surface area contributed by atoms with E-state index in [1.54, 1.807) is 0 Å². The number of amides is 1. The van der Waals surface area contributed by atoms with Crippen molar-refractivity contribution in [3.05, 3.63) is 29.3 Å². The van der Waals surface area contributed by atoms with Crippen molar-refractivity contribution in [1.82, 2.24) is 0 Å². The van der Waals surface area contributed by atoms with E-state index < -0.39 is 0 Å². The third-order valence-electron chi connectivity index (χ3n) is 2.15. The van der Waals surface area contributed by atoms with Crippen LogP contribution in [0.4, 0.5) is 0 Å². The first-order chi connectivity index (χ1) is 6.99. The second-order valence-corrected chi connectivity index (χ2v) is 3.87. The lowest BCUT2D eigenvalue weighted by Crippen LogP contribution is -2.22. The topological polar surface area (TPSA) is 52.3 Å². The summed E-state index contributed by atoms with van der Waals surface area (Å²) in [6.07, 6.45) is 0.0664. The molecule has 2 N–H and O–H groups in total. The normalized spacial score (nSPS) is 12.2. The maximum Gasteiger partial charge on any atom is 0.221 e. The lowest BCUT2D eigenvalue weighted by atomic mass is 10.1. The summed E-state index contributed by atoms with van der Waals surface area (Å²) >= 11 is 0. The molecule has 15 heavy (non-hydrogen) atoms. The molecule has 0 saturated heterocycles. The number of benzene rings is 1. The fourth-order valence-corrected chi connectivity index (χ4v) is 1.47. The van der Waals surface area contributed by atoms with Gasteiger partial charge in [-0.05, 0) is 32.4 Å². The number of carbonyl (C=O) groups is 1. The van der Waals surface area contributed by atoms with Crippen LogP contribution in [-0.2, 0) is 4.79 Å². The molecule has 82 valence electrons. The van der Waals surface area contributed by atoms with Crippen LogP contribution < -0.4 is 10.5 Å². The van der Waals surface area contributed by atoms with Gasteiger partial charge in [-0.1, -0.05) is 17.7 Å². The Morgan fingerprint density at radius 2 is 2.13 bits per heavy atom. The summed E-state index contributed by atoms with van der Waals surface area (Å²) in [6.45, 7) is 5.85. The van der Waals surface area contributed by atoms with Crippen molar-refractivity contribution in [2.24, 2.45) is 5.73 Å². The monoisotopic (exact) mass is 207 g/mol. The summed E-state index contributed by atoms with van der Waals surface area (Å²) in [4.78, 5) is 10.7. The summed E-state index contributed by atoms with van der Waals surface area (Å²) in [5.41, 5.74) is 7.36. The van der Waals surface area contributed by atoms with Crippen LogP contribution in [0.3, 0.4) is 0 Å². The third kappa shape index (κ3) is 3.62. The quantitative estimate of drug-likeness (QED) is 0.820. The van der Waals surface area contributed by atoms with E-state index in [1.807, 2.05) is 39.0 Å². The second kappa shape index (κ2) is 4.82. The van der Waals surface area contributed by atoms with Crippen LogP contribution in [0.5, 0.6) is 5.75 Å². The number of ether oxygens (including phenoxy) is 1. The minimum Gasteiger partial charge on any atom is -0.490 e. The zero-order valence-corrected chi connectivity index (χ0v) is 9.41. The van der Waals surface area contributed by atoms with Crippen LogP contribution in [0, 0.1) is 13.8 Å². The van der Waals surface area contributed by atoms with E-state index in [0.29, 0.717) is 0 Å². The van der Waals surface area contributed by atoms with E-state index in [-0.39, 0.29) is 18.4 Å². The van der Waals surface area contributed by atoms with E-state index >= 15 is 0 Å². The van der Waals surface area contributed by atoms with Gasteiger partial charge in [-0.3, -0.25) is 4.79 Å². The average Bonchev–Trinajstić information content (AvgIpc) is 2.08. The Hall–Kier alpha value is -1.51. The van der Waals surface area contributed by atoms with Crippen molar-refractivity contribution in [3.63, 3.8) is 0 Å². The van der Waals surface area contributed by atoms with Gasteiger partial charge >= 0.3 is 0 Å². The molecule has 0 bridgehead atoms. The van der Waals surface area contributed by atoms with E-state index in [4.69, 9.17) is 10.5 Å². The van der Waals surface area contributed by atoms with Crippen LogP contribution in [-0.4, -0.2) is 12.0 Å². The highest BCUT2D eigenvalue weighted by atomic mass is 16.5. The number of aryl methyl sites for hydroxylation is 2. The Bertz CT molecular complexity index is 361. The fourth-order valence-electron chi connectivity index (χ4n) is 1.47. The van der Waals surface area contributed by atoms with Gasteiger partial charge in [-0.25, -0.2) is 0 Å². The van der Waals surface area contributed by atoms with Gasteiger partial charge in [0.25, 0.3) is 0 Å². The van der Waals surface area contributed by atoms with Gasteiger partial charge in [-0.2, -0.15) is 0 Å². The molecular formula is C12H17NO2. The van der Waals surface area contributed by atoms with Gasteiger partial charge in [0.1, 0.15) is 11.9 Å². The molecule has 1 aromatic rings. The molecule has 1 amide bonds. The molecule has 1 aromatic carbocycles. The van der Waals surface area contributed by atoms with Crippen LogP contribution >= 0.6 is 0 Å². The standard InChI is InChI=1S/C12H17NO2/c1-8-4-5-11(9(2)6-8)15-10(3)7-12(13)14/h4-6,10H,7H2,1-3H3,(H2,13,14). The minimum absolute atomic E-state index is 0.177. The van der Waals surface area contributed by atoms with Crippen LogP contribution in [0.1, 0.15) is 24.5 Å². The third-order valence-corrected chi connectivity index (χ3v) is 2.15. The van der Waals surface area contributed by atoms with E-state index in [2.05, 4.69) is 0 Å². The molecule has 1 unspecified atom stereocenters. The van der Waals surface area contributed by atoms with E-state index in [9.17, 15) is 4.79 Å². The lowest BCUT2D eigenvalue weighted by Gasteiger charge is -2.15. The molecule has 0 fully saturated rings. The maximum absolute atomic E-state index is 10.7. The van der Waals surface area contributed by atoms with Crippen LogP contribution in [0.25, 0.3) is 0 Å².